The van der Waals surface area contributed by atoms with Crippen LogP contribution in [0.3, 0.4) is 0 Å². The van der Waals surface area contributed by atoms with E-state index in [1.165, 1.54) is 21.3 Å². The zero-order chi connectivity index (χ0) is 41.2. The third kappa shape index (κ3) is 8.51. The van der Waals surface area contributed by atoms with Crippen LogP contribution in [0, 0.1) is 11.6 Å². The molecule has 3 saturated heterocycles. The van der Waals surface area contributed by atoms with Crippen molar-refractivity contribution >= 4 is 40.2 Å². The van der Waals surface area contributed by atoms with Gasteiger partial charge < -0.3 is 20.2 Å². The smallest absolute Gasteiger partial charge is 0.329 e. The van der Waals surface area contributed by atoms with Crippen molar-refractivity contribution in [3.63, 3.8) is 0 Å². The van der Waals surface area contributed by atoms with E-state index in [9.17, 15) is 33.1 Å². The summed E-state index contributed by atoms with van der Waals surface area (Å²) in [6, 6.07) is 10.2. The molecule has 14 nitrogen and oxygen atoms in total. The average Bonchev–Trinajstić information content (AvgIpc) is 3.95. The Balaban J connectivity index is 0.750. The SMILES string of the molecule is Cn1c(=O)n(C2CCC(=O)NC2=O)c2ccc(C3CCN(CC(O)CCCCCCNC(=O)c4cnn5ccc(N6CCCC6c6cc(F)ccc6F)nc45)CC3)cc21. The van der Waals surface area contributed by atoms with Crippen LogP contribution < -0.4 is 21.2 Å². The van der Waals surface area contributed by atoms with Crippen LogP contribution in [0.2, 0.25) is 0 Å². The van der Waals surface area contributed by atoms with Crippen LogP contribution in [0.5, 0.6) is 0 Å². The molecular weight excluding hydrogens is 761 g/mol. The molecule has 0 aliphatic carbocycles. The molecule has 8 rings (SSSR count). The molecule has 312 valence electrons. The van der Waals surface area contributed by atoms with Crippen LogP contribution >= 0.6 is 0 Å². The van der Waals surface area contributed by atoms with Crippen molar-refractivity contribution in [2.45, 2.75) is 94.7 Å². The number of carbonyl (C=O) groups excluding carboxylic acids is 3. The van der Waals surface area contributed by atoms with Crippen LogP contribution in [-0.2, 0) is 16.6 Å². The van der Waals surface area contributed by atoms with E-state index < -0.39 is 29.7 Å². The number of halogens is 2. The maximum atomic E-state index is 14.7. The van der Waals surface area contributed by atoms with Crippen molar-refractivity contribution in [3.8, 4) is 0 Å². The normalized spacial score (nSPS) is 19.8. The second-order valence-electron chi connectivity index (χ2n) is 16.2. The number of aliphatic hydroxyl groups is 1. The predicted octanol–water partition coefficient (Wildman–Crippen LogP) is 4.90. The van der Waals surface area contributed by atoms with Crippen LogP contribution in [0.1, 0.15) is 110 Å². The van der Waals surface area contributed by atoms with Crippen LogP contribution in [0.15, 0.2) is 59.7 Å². The third-order valence-electron chi connectivity index (χ3n) is 12.4. The summed E-state index contributed by atoms with van der Waals surface area (Å²) in [5.41, 5.74) is 3.39. The highest BCUT2D eigenvalue weighted by Crippen LogP contribution is 2.37. The summed E-state index contributed by atoms with van der Waals surface area (Å²) in [6.07, 6.45) is 10.9. The lowest BCUT2D eigenvalue weighted by atomic mass is 9.89. The molecule has 3 fully saturated rings. The van der Waals surface area contributed by atoms with Gasteiger partial charge in [0.15, 0.2) is 5.65 Å². The second-order valence-corrected chi connectivity index (χ2v) is 16.2. The van der Waals surface area contributed by atoms with Gasteiger partial charge in [-0.2, -0.15) is 5.10 Å². The number of anilines is 1. The Labute approximate surface area is 340 Å². The van der Waals surface area contributed by atoms with E-state index in [0.29, 0.717) is 72.9 Å². The topological polar surface area (TPSA) is 159 Å². The Morgan fingerprint density at radius 1 is 0.949 bits per heavy atom. The number of carbonyl (C=O) groups is 3. The van der Waals surface area contributed by atoms with Gasteiger partial charge in [-0.15, -0.1) is 0 Å². The largest absolute Gasteiger partial charge is 0.392 e. The number of imide groups is 1. The van der Waals surface area contributed by atoms with Gasteiger partial charge in [-0.05, 0) is 106 Å². The summed E-state index contributed by atoms with van der Waals surface area (Å²) >= 11 is 0. The highest BCUT2D eigenvalue weighted by atomic mass is 19.1. The highest BCUT2D eigenvalue weighted by Gasteiger charge is 2.33. The number of aromatic nitrogens is 5. The summed E-state index contributed by atoms with van der Waals surface area (Å²) in [6.45, 7) is 3.49. The number of benzene rings is 2. The van der Waals surface area contributed by atoms with Crippen molar-refractivity contribution in [1.29, 1.82) is 0 Å². The third-order valence-corrected chi connectivity index (χ3v) is 12.4. The van der Waals surface area contributed by atoms with Crippen LogP contribution in [-0.4, -0.2) is 90.3 Å². The summed E-state index contributed by atoms with van der Waals surface area (Å²) in [5.74, 6) is -1.06. The van der Waals surface area contributed by atoms with E-state index in [1.54, 1.807) is 23.9 Å². The minimum absolute atomic E-state index is 0.203. The molecule has 0 saturated carbocycles. The number of β-amino-alcohol motifs (C(OH)–C–C–N with tert-alkyl or cyclic N) is 1. The molecule has 0 spiro atoms. The lowest BCUT2D eigenvalue weighted by molar-refractivity contribution is -0.135. The number of piperidine rings is 2. The first-order chi connectivity index (χ1) is 28.5. The summed E-state index contributed by atoms with van der Waals surface area (Å²) < 4.78 is 33.3. The number of imidazole rings is 1. The van der Waals surface area contributed by atoms with Crippen molar-refractivity contribution in [2.24, 2.45) is 7.05 Å². The minimum atomic E-state index is -0.705. The Morgan fingerprint density at radius 2 is 1.76 bits per heavy atom. The Bertz CT molecular complexity index is 2420. The number of unbranched alkanes of at least 4 members (excludes halogenated alkanes) is 3. The predicted molar refractivity (Wildman–Crippen MR) is 217 cm³/mol. The number of hydrogen-bond donors (Lipinski definition) is 3. The first-order valence-corrected chi connectivity index (χ1v) is 20.8. The zero-order valence-electron chi connectivity index (χ0n) is 33.3. The van der Waals surface area contributed by atoms with Gasteiger partial charge in [0, 0.05) is 44.9 Å². The van der Waals surface area contributed by atoms with Crippen molar-refractivity contribution in [1.82, 2.24) is 39.3 Å². The molecule has 2 aromatic carbocycles. The Hall–Kier alpha value is -5.48. The number of nitrogens with one attached hydrogen (secondary N) is 2. The number of likely N-dealkylation sites (tertiary alicyclic amines) is 1. The Morgan fingerprint density at radius 3 is 2.58 bits per heavy atom. The fourth-order valence-corrected chi connectivity index (χ4v) is 9.17. The lowest BCUT2D eigenvalue weighted by Crippen LogP contribution is -2.44. The van der Waals surface area contributed by atoms with E-state index in [1.807, 2.05) is 17.0 Å². The molecule has 3 atom stereocenters. The van der Waals surface area contributed by atoms with Crippen LogP contribution in [0.4, 0.5) is 14.6 Å². The van der Waals surface area contributed by atoms with E-state index >= 15 is 0 Å². The molecule has 0 bridgehead atoms. The molecule has 0 radical (unpaired) electrons. The van der Waals surface area contributed by atoms with Gasteiger partial charge >= 0.3 is 5.69 Å². The molecule has 3 aliphatic heterocycles. The number of nitrogens with zero attached hydrogens (tertiary/aromatic N) is 7. The molecular formula is C43H51F2N9O5. The quantitative estimate of drug-likeness (QED) is 0.105. The summed E-state index contributed by atoms with van der Waals surface area (Å²) in [4.78, 5) is 59.6. The highest BCUT2D eigenvalue weighted by molar-refractivity contribution is 6.00. The first-order valence-electron chi connectivity index (χ1n) is 20.8. The second kappa shape index (κ2) is 17.4. The Kier molecular flexibility index (Phi) is 11.9. The van der Waals surface area contributed by atoms with Crippen LogP contribution in [0.25, 0.3) is 16.7 Å². The van der Waals surface area contributed by atoms with Gasteiger partial charge in [-0.25, -0.2) is 23.1 Å². The molecule has 5 aromatic rings. The van der Waals surface area contributed by atoms with E-state index in [2.05, 4.69) is 26.7 Å². The zero-order valence-corrected chi connectivity index (χ0v) is 33.3. The number of aryl methyl sites for hydroxylation is 1. The van der Waals surface area contributed by atoms with Gasteiger partial charge in [0.1, 0.15) is 29.1 Å². The van der Waals surface area contributed by atoms with E-state index in [0.717, 1.165) is 81.2 Å². The maximum absolute atomic E-state index is 14.7. The maximum Gasteiger partial charge on any atom is 0.329 e. The van der Waals surface area contributed by atoms with Crippen molar-refractivity contribution in [2.75, 3.05) is 37.6 Å². The van der Waals surface area contributed by atoms with Gasteiger partial charge in [0.25, 0.3) is 5.91 Å². The van der Waals surface area contributed by atoms with Gasteiger partial charge in [-0.1, -0.05) is 25.3 Å². The first kappa shape index (κ1) is 40.3. The molecule has 6 heterocycles. The van der Waals surface area contributed by atoms with Gasteiger partial charge in [-0.3, -0.25) is 28.8 Å². The molecule has 59 heavy (non-hydrogen) atoms. The molecule has 3 aromatic heterocycles. The fraction of sp³-hybridized carbons (Fsp3) is 0.488. The average molecular weight is 812 g/mol. The molecule has 3 unspecified atom stereocenters. The number of aliphatic hydroxyl groups excluding tert-OH is 1. The van der Waals surface area contributed by atoms with Gasteiger partial charge in [0.05, 0.1) is 29.4 Å². The summed E-state index contributed by atoms with van der Waals surface area (Å²) in [7, 11) is 1.71. The monoisotopic (exact) mass is 811 g/mol. The number of rotatable bonds is 14. The molecule has 16 heteroatoms. The molecule has 3 N–H and O–H groups in total. The van der Waals surface area contributed by atoms with E-state index in [-0.39, 0.29) is 30.0 Å². The minimum Gasteiger partial charge on any atom is -0.392 e. The summed E-state index contributed by atoms with van der Waals surface area (Å²) in [5, 5.41) is 20.5. The van der Waals surface area contributed by atoms with Crippen molar-refractivity contribution < 1.29 is 28.3 Å². The van der Waals surface area contributed by atoms with E-state index in [4.69, 9.17) is 4.98 Å². The fourth-order valence-electron chi connectivity index (χ4n) is 9.17. The standard InChI is InChI=1S/C43H51F2N9O5/c1-50-37-23-28(9-12-35(37)54(43(50)59)36-13-14-39(56)49-42(36)58)27-15-20-51(21-16-27)26-30(55)7-4-2-3-5-18-46-41(57)32-25-47-53-22-17-38(48-40(32)53)52-19-6-8-34(52)31-24-29(44)10-11-33(31)45/h9-12,17,22-25,27,30,34,36,55H,2-8,13-16,18-21,26H2,1H3,(H,46,57)(H,49,56,58). The number of hydrogen-bond acceptors (Lipinski definition) is 9. The number of amides is 3. The van der Waals surface area contributed by atoms with Gasteiger partial charge in [0.2, 0.25) is 11.8 Å². The lowest BCUT2D eigenvalue weighted by Gasteiger charge is -2.33. The molecule has 3 aliphatic rings. The number of fused-ring (bicyclic) bond motifs is 2. The molecule has 3 amide bonds. The van der Waals surface area contributed by atoms with Crippen molar-refractivity contribution in [3.05, 3.63) is 93.7 Å².